The fraction of sp³-hybridized carbons (Fsp3) is 0.0476. The van der Waals surface area contributed by atoms with Crippen molar-refractivity contribution in [2.24, 2.45) is 0 Å². The maximum absolute atomic E-state index is 14.0. The van der Waals surface area contributed by atoms with E-state index in [9.17, 15) is 9.65 Å². The number of nitriles is 1. The molecule has 0 fully saturated rings. The zero-order valence-electron chi connectivity index (χ0n) is 14.1. The number of thiophene rings is 2. The normalized spacial score (nSPS) is 10.7. The third-order valence-corrected chi connectivity index (χ3v) is 6.80. The van der Waals surface area contributed by atoms with Crippen LogP contribution in [0.15, 0.2) is 70.4 Å². The van der Waals surface area contributed by atoms with E-state index in [2.05, 4.69) is 6.07 Å². The van der Waals surface area contributed by atoms with Crippen LogP contribution in [0.4, 0.5) is 4.39 Å². The van der Waals surface area contributed by atoms with Gasteiger partial charge in [-0.3, -0.25) is 0 Å². The van der Waals surface area contributed by atoms with E-state index in [1.165, 1.54) is 17.8 Å². The Hall–Kier alpha value is -2.46. The number of hydrogen-bond donors (Lipinski definition) is 0. The van der Waals surface area contributed by atoms with Gasteiger partial charge in [-0.15, -0.1) is 34.4 Å². The zero-order valence-corrected chi connectivity index (χ0v) is 16.5. The van der Waals surface area contributed by atoms with Crippen LogP contribution in [-0.4, -0.2) is 4.98 Å². The van der Waals surface area contributed by atoms with Gasteiger partial charge in [0.15, 0.2) is 0 Å². The summed E-state index contributed by atoms with van der Waals surface area (Å²) in [5.74, 6) is 0.183. The molecule has 0 aliphatic rings. The van der Waals surface area contributed by atoms with Crippen LogP contribution in [-0.2, 0) is 5.75 Å². The standard InChI is InChI=1S/C21H13FN2S3/c22-17-6-2-1-5-14(17)13-27-21-16(12-23)15(19-7-3-9-25-19)11-18(24-21)20-8-4-10-26-20/h1-11H,13H2. The van der Waals surface area contributed by atoms with Crippen molar-refractivity contribution < 1.29 is 4.39 Å². The molecule has 0 spiro atoms. The highest BCUT2D eigenvalue weighted by Gasteiger charge is 2.17. The summed E-state index contributed by atoms with van der Waals surface area (Å²) < 4.78 is 14.0. The van der Waals surface area contributed by atoms with Gasteiger partial charge < -0.3 is 0 Å². The predicted molar refractivity (Wildman–Crippen MR) is 112 cm³/mol. The number of halogens is 1. The van der Waals surface area contributed by atoms with Crippen LogP contribution in [0.25, 0.3) is 21.0 Å². The van der Waals surface area contributed by atoms with Crippen molar-refractivity contribution >= 4 is 34.4 Å². The molecule has 0 amide bonds. The van der Waals surface area contributed by atoms with Crippen molar-refractivity contribution in [2.75, 3.05) is 0 Å². The quantitative estimate of drug-likeness (QED) is 0.339. The molecule has 6 heteroatoms. The van der Waals surface area contributed by atoms with Crippen LogP contribution >= 0.6 is 34.4 Å². The lowest BCUT2D eigenvalue weighted by Gasteiger charge is -2.11. The number of aromatic nitrogens is 1. The first kappa shape index (κ1) is 17.9. The van der Waals surface area contributed by atoms with E-state index < -0.39 is 0 Å². The number of hydrogen-bond acceptors (Lipinski definition) is 5. The first-order chi connectivity index (χ1) is 13.3. The van der Waals surface area contributed by atoms with E-state index in [1.54, 1.807) is 34.8 Å². The average Bonchev–Trinajstić information content (AvgIpc) is 3.40. The molecule has 0 radical (unpaired) electrons. The lowest BCUT2D eigenvalue weighted by molar-refractivity contribution is 0.617. The molecule has 2 nitrogen and oxygen atoms in total. The van der Waals surface area contributed by atoms with Crippen LogP contribution in [0.2, 0.25) is 0 Å². The van der Waals surface area contributed by atoms with Gasteiger partial charge in [-0.25, -0.2) is 9.37 Å². The number of rotatable bonds is 5. The lowest BCUT2D eigenvalue weighted by Crippen LogP contribution is -1.95. The van der Waals surface area contributed by atoms with Crippen molar-refractivity contribution in [3.63, 3.8) is 0 Å². The molecule has 1 aromatic carbocycles. The molecule has 0 bridgehead atoms. The summed E-state index contributed by atoms with van der Waals surface area (Å²) in [6, 6.07) is 19.0. The highest BCUT2D eigenvalue weighted by molar-refractivity contribution is 7.98. The molecule has 0 atom stereocenters. The van der Waals surface area contributed by atoms with E-state index in [4.69, 9.17) is 4.98 Å². The Labute approximate surface area is 169 Å². The molecule has 3 heterocycles. The molecule has 0 N–H and O–H groups in total. The first-order valence-electron chi connectivity index (χ1n) is 8.15. The van der Waals surface area contributed by atoms with E-state index in [0.717, 1.165) is 21.0 Å². The third-order valence-electron chi connectivity index (χ3n) is 3.98. The minimum atomic E-state index is -0.239. The third kappa shape index (κ3) is 3.81. The Morgan fingerprint density at radius 3 is 2.41 bits per heavy atom. The molecule has 0 saturated heterocycles. The lowest BCUT2D eigenvalue weighted by atomic mass is 10.1. The molecule has 4 aromatic rings. The molecule has 3 aromatic heterocycles. The topological polar surface area (TPSA) is 36.7 Å². The number of benzene rings is 1. The molecule has 27 heavy (non-hydrogen) atoms. The summed E-state index contributed by atoms with van der Waals surface area (Å²) in [4.78, 5) is 6.81. The van der Waals surface area contributed by atoms with E-state index >= 15 is 0 Å². The molecule has 0 saturated carbocycles. The van der Waals surface area contributed by atoms with Crippen LogP contribution in [0.3, 0.4) is 0 Å². The van der Waals surface area contributed by atoms with Crippen molar-refractivity contribution in [2.45, 2.75) is 10.8 Å². The van der Waals surface area contributed by atoms with Gasteiger partial charge in [0.2, 0.25) is 0 Å². The summed E-state index contributed by atoms with van der Waals surface area (Å²) in [6.45, 7) is 0. The fourth-order valence-electron chi connectivity index (χ4n) is 2.67. The number of thioether (sulfide) groups is 1. The molecular formula is C21H13FN2S3. The van der Waals surface area contributed by atoms with Crippen molar-refractivity contribution in [3.05, 3.63) is 82.3 Å². The summed E-state index contributed by atoms with van der Waals surface area (Å²) in [7, 11) is 0. The second-order valence-electron chi connectivity index (χ2n) is 5.68. The maximum Gasteiger partial charge on any atom is 0.127 e. The van der Waals surface area contributed by atoms with Gasteiger partial charge in [-0.1, -0.05) is 30.3 Å². The van der Waals surface area contributed by atoms with Gasteiger partial charge >= 0.3 is 0 Å². The first-order valence-corrected chi connectivity index (χ1v) is 10.9. The summed E-state index contributed by atoms with van der Waals surface area (Å²) in [5, 5.41) is 14.4. The largest absolute Gasteiger partial charge is 0.239 e. The Bertz CT molecular complexity index is 1100. The second kappa shape index (κ2) is 8.05. The highest BCUT2D eigenvalue weighted by Crippen LogP contribution is 2.38. The smallest absolute Gasteiger partial charge is 0.127 e. The SMILES string of the molecule is N#Cc1c(-c2cccs2)cc(-c2cccs2)nc1SCc1ccccc1F. The molecular weight excluding hydrogens is 395 g/mol. The van der Waals surface area contributed by atoms with Crippen LogP contribution in [0, 0.1) is 17.1 Å². The van der Waals surface area contributed by atoms with Gasteiger partial charge in [0.1, 0.15) is 16.9 Å². The van der Waals surface area contributed by atoms with E-state index in [-0.39, 0.29) is 5.82 Å². The van der Waals surface area contributed by atoms with Crippen molar-refractivity contribution in [3.8, 4) is 27.1 Å². The molecule has 0 aliphatic heterocycles. The summed E-state index contributed by atoms with van der Waals surface area (Å²) in [5.41, 5.74) is 2.86. The fourth-order valence-corrected chi connectivity index (χ4v) is 5.10. The summed E-state index contributed by atoms with van der Waals surface area (Å²) >= 11 is 4.60. The molecule has 132 valence electrons. The van der Waals surface area contributed by atoms with Gasteiger partial charge in [-0.05, 0) is 40.6 Å². The van der Waals surface area contributed by atoms with Gasteiger partial charge in [0, 0.05) is 16.2 Å². The second-order valence-corrected chi connectivity index (χ2v) is 8.54. The highest BCUT2D eigenvalue weighted by atomic mass is 32.2. The van der Waals surface area contributed by atoms with Crippen molar-refractivity contribution in [1.82, 2.24) is 4.98 Å². The predicted octanol–water partition coefficient (Wildman–Crippen LogP) is 6.84. The maximum atomic E-state index is 14.0. The summed E-state index contributed by atoms with van der Waals surface area (Å²) in [6.07, 6.45) is 0. The van der Waals surface area contributed by atoms with E-state index in [1.807, 2.05) is 47.2 Å². The Morgan fingerprint density at radius 1 is 1.00 bits per heavy atom. The minimum Gasteiger partial charge on any atom is -0.239 e. The molecule has 4 rings (SSSR count). The van der Waals surface area contributed by atoms with Crippen LogP contribution in [0.1, 0.15) is 11.1 Å². The van der Waals surface area contributed by atoms with Gasteiger partial charge in [0.05, 0.1) is 16.1 Å². The average molecular weight is 409 g/mol. The Morgan fingerprint density at radius 2 is 1.74 bits per heavy atom. The Kier molecular flexibility index (Phi) is 5.35. The van der Waals surface area contributed by atoms with Crippen LogP contribution in [0.5, 0.6) is 0 Å². The van der Waals surface area contributed by atoms with Gasteiger partial charge in [0.25, 0.3) is 0 Å². The molecule has 0 unspecified atom stereocenters. The zero-order chi connectivity index (χ0) is 18.6. The molecule has 0 aliphatic carbocycles. The Balaban J connectivity index is 1.79. The van der Waals surface area contributed by atoms with Crippen LogP contribution < -0.4 is 0 Å². The van der Waals surface area contributed by atoms with E-state index in [0.29, 0.717) is 21.9 Å². The van der Waals surface area contributed by atoms with Crippen molar-refractivity contribution in [1.29, 1.82) is 5.26 Å². The minimum absolute atomic E-state index is 0.239. The van der Waals surface area contributed by atoms with Gasteiger partial charge in [-0.2, -0.15) is 5.26 Å². The monoisotopic (exact) mass is 408 g/mol. The number of pyridine rings is 1. The number of nitrogens with zero attached hydrogens (tertiary/aromatic N) is 2.